The number of nitro groups is 1. The van der Waals surface area contributed by atoms with Gasteiger partial charge in [-0.15, -0.1) is 10.2 Å². The van der Waals surface area contributed by atoms with Crippen molar-refractivity contribution in [2.75, 3.05) is 0 Å². The van der Waals surface area contributed by atoms with Crippen LogP contribution in [0.5, 0.6) is 5.75 Å². The maximum absolute atomic E-state index is 13.1. The average Bonchev–Trinajstić information content (AvgIpc) is 3.10. The Morgan fingerprint density at radius 1 is 0.900 bits per heavy atom. The van der Waals surface area contributed by atoms with Crippen LogP contribution in [-0.2, 0) is 0 Å². The predicted octanol–water partition coefficient (Wildman–Crippen LogP) is 4.86. The summed E-state index contributed by atoms with van der Waals surface area (Å²) < 4.78 is 1.24. The van der Waals surface area contributed by atoms with Crippen LogP contribution in [0, 0.1) is 10.1 Å². The van der Waals surface area contributed by atoms with Crippen molar-refractivity contribution in [3.05, 3.63) is 99.3 Å². The van der Waals surface area contributed by atoms with Gasteiger partial charge in [-0.3, -0.25) is 20.0 Å². The van der Waals surface area contributed by atoms with Crippen LogP contribution in [0.15, 0.2) is 93.9 Å². The quantitative estimate of drug-likeness (QED) is 0.281. The molecule has 0 aliphatic carbocycles. The number of hydrogen-bond donors (Lipinski definition) is 2. The molecule has 9 nitrogen and oxygen atoms in total. The molecule has 4 rings (SSSR count). The number of non-ortho nitro benzene ring substituents is 1. The van der Waals surface area contributed by atoms with E-state index >= 15 is 0 Å². The third kappa shape index (κ3) is 3.59. The van der Waals surface area contributed by atoms with E-state index in [0.717, 1.165) is 0 Å². The largest absolute Gasteiger partial charge is 0.506 e. The van der Waals surface area contributed by atoms with Crippen LogP contribution in [0.25, 0.3) is 16.9 Å². The van der Waals surface area contributed by atoms with E-state index in [4.69, 9.17) is 0 Å². The molecule has 4 aromatic rings. The number of nitro benzene ring substituents is 1. The lowest BCUT2D eigenvalue weighted by Crippen LogP contribution is -2.13. The first-order chi connectivity index (χ1) is 14.5. The molecule has 0 fully saturated rings. The number of para-hydroxylation sites is 1. The number of nitrogens with zero attached hydrogens (tertiary/aromatic N) is 4. The zero-order chi connectivity index (χ0) is 21.1. The molecule has 0 saturated carbocycles. The molecule has 0 amide bonds. The monoisotopic (exact) mass is 401 g/mol. The molecule has 9 heteroatoms. The van der Waals surface area contributed by atoms with Gasteiger partial charge in [-0.2, -0.15) is 0 Å². The summed E-state index contributed by atoms with van der Waals surface area (Å²) in [5.41, 5.74) is 1.25. The highest BCUT2D eigenvalue weighted by Gasteiger charge is 2.17. The summed E-state index contributed by atoms with van der Waals surface area (Å²) >= 11 is 0. The van der Waals surface area contributed by atoms with E-state index in [0.29, 0.717) is 16.9 Å². The molecule has 0 aliphatic heterocycles. The van der Waals surface area contributed by atoms with Gasteiger partial charge in [0, 0.05) is 17.7 Å². The Hall–Kier alpha value is -4.53. The van der Waals surface area contributed by atoms with Gasteiger partial charge >= 0.3 is 0 Å². The topological polar surface area (TPSA) is 126 Å². The minimum atomic E-state index is -0.511. The number of benzene rings is 3. The Morgan fingerprint density at radius 2 is 1.57 bits per heavy atom. The first-order valence-corrected chi connectivity index (χ1v) is 8.89. The summed E-state index contributed by atoms with van der Waals surface area (Å²) in [6, 6.07) is 21.1. The van der Waals surface area contributed by atoms with Gasteiger partial charge in [-0.05, 0) is 24.3 Å². The van der Waals surface area contributed by atoms with E-state index in [2.05, 4.69) is 15.3 Å². The summed E-state index contributed by atoms with van der Waals surface area (Å²) in [6.07, 6.45) is 0. The Morgan fingerprint density at radius 3 is 2.23 bits per heavy atom. The Bertz CT molecular complexity index is 1290. The number of phenolic OH excluding ortho intramolecular Hbond substituents is 1. The Kier molecular flexibility index (Phi) is 4.92. The zero-order valence-corrected chi connectivity index (χ0v) is 15.5. The van der Waals surface area contributed by atoms with Crippen LogP contribution in [0.1, 0.15) is 0 Å². The first kappa shape index (κ1) is 18.8. The first-order valence-electron chi connectivity index (χ1n) is 8.89. The normalized spacial score (nSPS) is 11.1. The third-order valence-electron chi connectivity index (χ3n) is 4.39. The van der Waals surface area contributed by atoms with E-state index in [1.807, 2.05) is 30.3 Å². The number of aromatic hydroxyl groups is 1. The molecule has 0 radical (unpaired) electrons. The highest BCUT2D eigenvalue weighted by molar-refractivity contribution is 5.72. The minimum Gasteiger partial charge on any atom is -0.506 e. The number of rotatable bonds is 5. The van der Waals surface area contributed by atoms with Gasteiger partial charge in [0.2, 0.25) is 0 Å². The Labute approximate surface area is 169 Å². The molecule has 0 unspecified atom stereocenters. The maximum atomic E-state index is 13.1. The van der Waals surface area contributed by atoms with Gasteiger partial charge in [-0.1, -0.05) is 42.5 Å². The molecule has 2 N–H and O–H groups in total. The predicted molar refractivity (Wildman–Crippen MR) is 111 cm³/mol. The van der Waals surface area contributed by atoms with E-state index < -0.39 is 10.5 Å². The van der Waals surface area contributed by atoms with Gasteiger partial charge in [0.05, 0.1) is 16.3 Å². The summed E-state index contributed by atoms with van der Waals surface area (Å²) in [5.74, 6) is -0.0614. The van der Waals surface area contributed by atoms with Crippen molar-refractivity contribution in [3.8, 4) is 22.7 Å². The zero-order valence-electron chi connectivity index (χ0n) is 15.5. The van der Waals surface area contributed by atoms with E-state index in [1.54, 1.807) is 18.2 Å². The molecule has 0 spiro atoms. The molecule has 1 heterocycles. The molecule has 0 aliphatic rings. The molecule has 0 bridgehead atoms. The lowest BCUT2D eigenvalue weighted by atomic mass is 10.1. The minimum absolute atomic E-state index is 0.0443. The van der Waals surface area contributed by atoms with Crippen LogP contribution in [0.2, 0.25) is 0 Å². The summed E-state index contributed by atoms with van der Waals surface area (Å²) in [4.78, 5) is 23.4. The van der Waals surface area contributed by atoms with Crippen LogP contribution in [0.3, 0.4) is 0 Å². The molecule has 30 heavy (non-hydrogen) atoms. The lowest BCUT2D eigenvalue weighted by Gasteiger charge is -2.01. The number of hydrogen-bond acceptors (Lipinski definition) is 6. The highest BCUT2D eigenvalue weighted by atomic mass is 16.6. The summed E-state index contributed by atoms with van der Waals surface area (Å²) in [5, 5.41) is 31.9. The van der Waals surface area contributed by atoms with Crippen molar-refractivity contribution in [3.63, 3.8) is 0 Å². The number of azo groups is 1. The smallest absolute Gasteiger partial charge is 0.299 e. The molecule has 148 valence electrons. The third-order valence-corrected chi connectivity index (χ3v) is 4.39. The van der Waals surface area contributed by atoms with Gasteiger partial charge in [0.25, 0.3) is 11.2 Å². The molecular weight excluding hydrogens is 386 g/mol. The molecule has 0 saturated heterocycles. The van der Waals surface area contributed by atoms with Crippen molar-refractivity contribution >= 4 is 17.1 Å². The van der Waals surface area contributed by atoms with E-state index in [1.165, 1.54) is 35.0 Å². The van der Waals surface area contributed by atoms with Crippen LogP contribution in [0.4, 0.5) is 17.1 Å². The lowest BCUT2D eigenvalue weighted by molar-refractivity contribution is -0.384. The number of nitrogens with one attached hydrogen (secondary N) is 1. The standard InChI is InChI=1S/C21H15N5O4/c27-18-9-5-4-8-17(18)22-23-20-19(14-6-2-1-3-7-14)24-25(21(20)28)15-10-12-16(13-11-15)26(29)30/h1-13,24,27H. The van der Waals surface area contributed by atoms with Crippen LogP contribution < -0.4 is 5.56 Å². The second kappa shape index (κ2) is 7.84. The average molecular weight is 401 g/mol. The van der Waals surface area contributed by atoms with Crippen LogP contribution in [-0.4, -0.2) is 19.8 Å². The number of aromatic amines is 1. The van der Waals surface area contributed by atoms with Crippen molar-refractivity contribution < 1.29 is 10.0 Å². The fraction of sp³-hybridized carbons (Fsp3) is 0. The van der Waals surface area contributed by atoms with E-state index in [9.17, 15) is 20.0 Å². The SMILES string of the molecule is O=c1c(N=Nc2ccccc2O)c(-c2ccccc2)[nH]n1-c1ccc([N+](=O)[O-])cc1. The van der Waals surface area contributed by atoms with Crippen molar-refractivity contribution in [2.24, 2.45) is 10.2 Å². The fourth-order valence-electron chi connectivity index (χ4n) is 2.89. The summed E-state index contributed by atoms with van der Waals surface area (Å²) in [6.45, 7) is 0. The van der Waals surface area contributed by atoms with Crippen molar-refractivity contribution in [1.82, 2.24) is 9.78 Å². The number of aromatic nitrogens is 2. The van der Waals surface area contributed by atoms with Gasteiger partial charge < -0.3 is 5.11 Å². The fourth-order valence-corrected chi connectivity index (χ4v) is 2.89. The van der Waals surface area contributed by atoms with Gasteiger partial charge in [-0.25, -0.2) is 4.68 Å². The van der Waals surface area contributed by atoms with Crippen molar-refractivity contribution in [2.45, 2.75) is 0 Å². The second-order valence-corrected chi connectivity index (χ2v) is 6.30. The number of H-pyrrole nitrogens is 1. The van der Waals surface area contributed by atoms with E-state index in [-0.39, 0.29) is 22.8 Å². The molecular formula is C21H15N5O4. The van der Waals surface area contributed by atoms with Gasteiger partial charge in [0.1, 0.15) is 11.4 Å². The maximum Gasteiger partial charge on any atom is 0.299 e. The van der Waals surface area contributed by atoms with Gasteiger partial charge in [0.15, 0.2) is 5.69 Å². The highest BCUT2D eigenvalue weighted by Crippen LogP contribution is 2.31. The van der Waals surface area contributed by atoms with Crippen LogP contribution >= 0.6 is 0 Å². The van der Waals surface area contributed by atoms with Crippen molar-refractivity contribution in [1.29, 1.82) is 0 Å². The summed E-state index contributed by atoms with van der Waals surface area (Å²) in [7, 11) is 0. The second-order valence-electron chi connectivity index (χ2n) is 6.30. The molecule has 3 aromatic carbocycles. The Balaban J connectivity index is 1.85. The molecule has 0 atom stereocenters. The number of phenols is 1. The molecule has 1 aromatic heterocycles.